The van der Waals surface area contributed by atoms with Gasteiger partial charge >= 0.3 is 0 Å². The lowest BCUT2D eigenvalue weighted by molar-refractivity contribution is 0.606. The van der Waals surface area contributed by atoms with Crippen LogP contribution in [-0.4, -0.2) is 16.9 Å². The minimum Gasteiger partial charge on any atom is -0.214 e. The van der Waals surface area contributed by atoms with Crippen molar-refractivity contribution in [3.05, 3.63) is 0 Å². The van der Waals surface area contributed by atoms with Gasteiger partial charge in [0.1, 0.15) is 0 Å². The number of hydrogen-bond acceptors (Lipinski definition) is 2. The quantitative estimate of drug-likeness (QED) is 0.580. The summed E-state index contributed by atoms with van der Waals surface area (Å²) in [5.41, 5.74) is 0. The van der Waals surface area contributed by atoms with Gasteiger partial charge in [-0.15, -0.1) is 23.2 Å². The van der Waals surface area contributed by atoms with Crippen LogP contribution < -0.4 is 0 Å². The summed E-state index contributed by atoms with van der Waals surface area (Å²) >= 11 is 23.0. The van der Waals surface area contributed by atoms with Crippen LogP contribution in [0.25, 0.3) is 0 Å². The van der Waals surface area contributed by atoms with E-state index in [9.17, 15) is 8.42 Å². The summed E-state index contributed by atoms with van der Waals surface area (Å²) in [6.45, 7) is 0. The van der Waals surface area contributed by atoms with Gasteiger partial charge in [0, 0.05) is 0 Å². The van der Waals surface area contributed by atoms with Crippen LogP contribution in [0.4, 0.5) is 0 Å². The van der Waals surface area contributed by atoms with Crippen molar-refractivity contribution < 1.29 is 8.42 Å². The first-order valence-electron chi connectivity index (χ1n) is 1.79. The fourth-order valence-corrected chi connectivity index (χ4v) is 2.23. The molecule has 0 unspecified atom stereocenters. The highest BCUT2D eigenvalue weighted by Crippen LogP contribution is 2.40. The van der Waals surface area contributed by atoms with Gasteiger partial charge in [-0.05, 0) is 0 Å². The molecule has 10 heavy (non-hydrogen) atoms. The van der Waals surface area contributed by atoms with Crippen LogP contribution in [0.1, 0.15) is 0 Å². The van der Waals surface area contributed by atoms with Gasteiger partial charge in [-0.25, -0.2) is 8.42 Å². The average molecular weight is 311 g/mol. The van der Waals surface area contributed by atoms with E-state index in [0.717, 1.165) is 0 Å². The van der Waals surface area contributed by atoms with Crippen molar-refractivity contribution in [1.29, 1.82) is 0 Å². The second kappa shape index (κ2) is 3.54. The van der Waals surface area contributed by atoms with Gasteiger partial charge in [-0.1, -0.05) is 23.2 Å². The molecule has 62 valence electrons. The van der Waals surface area contributed by atoms with Crippen LogP contribution in [0.5, 0.6) is 0 Å². The smallest absolute Gasteiger partial charge is 0.214 e. The van der Waals surface area contributed by atoms with Crippen LogP contribution in [0.3, 0.4) is 0 Å². The van der Waals surface area contributed by atoms with Gasteiger partial charge in [0.2, 0.25) is 8.27 Å². The summed E-state index contributed by atoms with van der Waals surface area (Å²) in [5, 5.41) is 0. The third-order valence-corrected chi connectivity index (χ3v) is 7.13. The summed E-state index contributed by atoms with van der Waals surface area (Å²) in [7, 11) is -3.82. The molecular weight excluding hydrogens is 310 g/mol. The Hall–Kier alpha value is 1.59. The molecule has 0 aliphatic heterocycles. The second-order valence-corrected chi connectivity index (χ2v) is 8.31. The lowest BCUT2D eigenvalue weighted by Gasteiger charge is -2.15. The van der Waals surface area contributed by atoms with Crippen LogP contribution in [0.2, 0.25) is 0 Å². The fraction of sp³-hybridized carbons (Fsp3) is 1.00. The van der Waals surface area contributed by atoms with Gasteiger partial charge in [0.15, 0.2) is 4.84 Å². The maximum absolute atomic E-state index is 10.6. The van der Waals surface area contributed by atoms with E-state index in [1.54, 1.807) is 0 Å². The number of halogens is 5. The van der Waals surface area contributed by atoms with Gasteiger partial charge in [-0.3, -0.25) is 0 Å². The molecule has 0 rings (SSSR count). The highest BCUT2D eigenvalue weighted by atomic mass is 79.9. The van der Waals surface area contributed by atoms with E-state index in [2.05, 4.69) is 14.8 Å². The van der Waals surface area contributed by atoms with Crippen LogP contribution >= 0.6 is 61.2 Å². The monoisotopic (exact) mass is 308 g/mol. The van der Waals surface area contributed by atoms with Crippen molar-refractivity contribution in [3.63, 3.8) is 0 Å². The minimum absolute atomic E-state index is 1.40. The molecule has 0 radical (unpaired) electrons. The average Bonchev–Trinajstić information content (AvgIpc) is 1.62. The Balaban J connectivity index is 4.76. The van der Waals surface area contributed by atoms with Gasteiger partial charge in [0.05, 0.1) is 14.8 Å². The summed E-state index contributed by atoms with van der Waals surface area (Å²) in [6, 6.07) is 0. The Kier molecular flexibility index (Phi) is 4.10. The van der Waals surface area contributed by atoms with Crippen LogP contribution in [-0.2, 0) is 8.27 Å². The largest absolute Gasteiger partial charge is 0.257 e. The molecule has 0 atom stereocenters. The maximum atomic E-state index is 10.6. The molecule has 8 heteroatoms. The molecule has 0 fully saturated rings. The Morgan fingerprint density at radius 3 is 1.60 bits per heavy atom. The SMILES string of the molecule is O=S(=O)(Br)C(Cl)(Cl)C(Cl)Cl. The Morgan fingerprint density at radius 2 is 1.60 bits per heavy atom. The Labute approximate surface area is 85.9 Å². The summed E-state index contributed by atoms with van der Waals surface area (Å²) in [5.74, 6) is 0. The first-order valence-corrected chi connectivity index (χ1v) is 6.75. The zero-order valence-corrected chi connectivity index (χ0v) is 9.62. The Bertz CT molecular complexity index is 209. The summed E-state index contributed by atoms with van der Waals surface area (Å²) < 4.78 is 19.0. The van der Waals surface area contributed by atoms with Crippen molar-refractivity contribution in [2.45, 2.75) is 8.50 Å². The first-order chi connectivity index (χ1) is 4.19. The first kappa shape index (κ1) is 11.6. The maximum Gasteiger partial charge on any atom is 0.257 e. The lowest BCUT2D eigenvalue weighted by Crippen LogP contribution is -2.28. The minimum atomic E-state index is -3.82. The van der Waals surface area contributed by atoms with E-state index in [1.165, 1.54) is 0 Å². The standard InChI is InChI=1S/C2HBrCl4O2S/c3-10(8,9)2(6,7)1(4)5/h1H. The van der Waals surface area contributed by atoms with Crippen LogP contribution in [0, 0.1) is 0 Å². The molecule has 0 bridgehead atoms. The van der Waals surface area contributed by atoms with E-state index in [0.29, 0.717) is 0 Å². The van der Waals surface area contributed by atoms with E-state index in [4.69, 9.17) is 46.4 Å². The van der Waals surface area contributed by atoms with Gasteiger partial charge in [-0.2, -0.15) is 0 Å². The van der Waals surface area contributed by atoms with Crippen molar-refractivity contribution in [3.8, 4) is 0 Å². The molecule has 0 aromatic heterocycles. The number of rotatable bonds is 2. The summed E-state index contributed by atoms with van der Waals surface area (Å²) in [6.07, 6.45) is 0. The highest BCUT2D eigenvalue weighted by molar-refractivity contribution is 9.47. The van der Waals surface area contributed by atoms with Crippen molar-refractivity contribution in [1.82, 2.24) is 0 Å². The molecule has 0 aliphatic rings. The highest BCUT2D eigenvalue weighted by Gasteiger charge is 2.44. The molecular formula is C2HBrCl4O2S. The number of alkyl halides is 4. The van der Waals surface area contributed by atoms with E-state index < -0.39 is 16.8 Å². The van der Waals surface area contributed by atoms with Crippen LogP contribution in [0.15, 0.2) is 0 Å². The molecule has 0 aromatic rings. The lowest BCUT2D eigenvalue weighted by atomic mass is 10.9. The van der Waals surface area contributed by atoms with E-state index >= 15 is 0 Å². The topological polar surface area (TPSA) is 34.1 Å². The summed E-state index contributed by atoms with van der Waals surface area (Å²) in [4.78, 5) is -1.40. The molecule has 0 saturated carbocycles. The molecule has 0 saturated heterocycles. The molecule has 2 nitrogen and oxygen atoms in total. The zero-order valence-electron chi connectivity index (χ0n) is 4.19. The third-order valence-electron chi connectivity index (χ3n) is 0.579. The third kappa shape index (κ3) is 2.57. The zero-order chi connectivity index (χ0) is 8.58. The molecule has 0 spiro atoms. The predicted molar refractivity (Wildman–Crippen MR) is 47.8 cm³/mol. The van der Waals surface area contributed by atoms with Crippen molar-refractivity contribution >= 4 is 69.5 Å². The molecule has 0 aliphatic carbocycles. The normalized spacial score (nSPS) is 14.2. The van der Waals surface area contributed by atoms with Crippen molar-refractivity contribution in [2.24, 2.45) is 0 Å². The van der Waals surface area contributed by atoms with Gasteiger partial charge in [0.25, 0.3) is 3.67 Å². The van der Waals surface area contributed by atoms with E-state index in [-0.39, 0.29) is 0 Å². The Morgan fingerprint density at radius 1 is 1.30 bits per heavy atom. The molecule has 0 aromatic carbocycles. The second-order valence-electron chi connectivity index (χ2n) is 1.30. The predicted octanol–water partition coefficient (Wildman–Crippen LogP) is 2.65. The molecule has 0 N–H and O–H groups in total. The molecule has 0 amide bonds. The van der Waals surface area contributed by atoms with E-state index in [1.807, 2.05) is 0 Å². The molecule has 0 heterocycles. The fourth-order valence-electron chi connectivity index (χ4n) is 0.106. The number of hydrogen-bond donors (Lipinski definition) is 0. The van der Waals surface area contributed by atoms with Gasteiger partial charge < -0.3 is 0 Å². The van der Waals surface area contributed by atoms with Crippen molar-refractivity contribution in [2.75, 3.05) is 0 Å².